The molecule has 58 heavy (non-hydrogen) atoms. The fourth-order valence-corrected chi connectivity index (χ4v) is 6.86. The molecule has 0 aromatic heterocycles. The van der Waals surface area contributed by atoms with Crippen LogP contribution in [0.25, 0.3) is 21.5 Å². The Morgan fingerprint density at radius 1 is 0.586 bits per heavy atom. The van der Waals surface area contributed by atoms with E-state index in [1.807, 2.05) is 0 Å². The van der Waals surface area contributed by atoms with Crippen molar-refractivity contribution in [2.24, 2.45) is 20.5 Å². The molecule has 0 radical (unpaired) electrons. The second kappa shape index (κ2) is 19.9. The van der Waals surface area contributed by atoms with Crippen LogP contribution in [0.4, 0.5) is 22.7 Å². The van der Waals surface area contributed by atoms with Gasteiger partial charge in [-0.25, -0.2) is 26.4 Å². The number of fused-ring (bicyclic) bond motifs is 2. The molecular weight excluding hydrogens is 943 g/mol. The smallest absolute Gasteiger partial charge is 0.870 e. The van der Waals surface area contributed by atoms with Gasteiger partial charge in [0.1, 0.15) is 31.6 Å². The first kappa shape index (κ1) is 49.1. The van der Waals surface area contributed by atoms with Crippen LogP contribution in [0.1, 0.15) is 31.8 Å². The summed E-state index contributed by atoms with van der Waals surface area (Å²) in [5, 5.41) is 60.3. The minimum absolute atomic E-state index is 0. The number of aryl methyl sites for hydroxylation is 2. The number of carboxylic acids is 2. The number of halogens is 2. The first-order valence-corrected chi connectivity index (χ1v) is 19.0. The number of carbonyl (C=O) groups is 2. The van der Waals surface area contributed by atoms with Gasteiger partial charge in [0.15, 0.2) is 0 Å². The zero-order valence-corrected chi connectivity index (χ0v) is 38.7. The Hall–Kier alpha value is -3.28. The molecule has 6 aromatic carbocycles. The maximum atomic E-state index is 12.5. The Morgan fingerprint density at radius 2 is 0.914 bits per heavy atom. The molecular formula is C36H22CaCl2N4O12S2Sr. The van der Waals surface area contributed by atoms with E-state index < -0.39 is 64.6 Å². The quantitative estimate of drug-likeness (QED) is 0.0884. The van der Waals surface area contributed by atoms with Crippen LogP contribution < -0.4 is 10.2 Å². The van der Waals surface area contributed by atoms with Crippen LogP contribution in [-0.4, -0.2) is 131 Å². The van der Waals surface area contributed by atoms with Gasteiger partial charge in [-0.3, -0.25) is 0 Å². The molecule has 6 rings (SSSR count). The van der Waals surface area contributed by atoms with Crippen LogP contribution in [0.2, 0.25) is 10.0 Å². The van der Waals surface area contributed by atoms with Gasteiger partial charge in [0, 0.05) is 20.8 Å². The van der Waals surface area contributed by atoms with E-state index in [9.17, 15) is 56.0 Å². The van der Waals surface area contributed by atoms with Crippen molar-refractivity contribution < 1.29 is 56.0 Å². The first-order valence-electron chi connectivity index (χ1n) is 15.5. The van der Waals surface area contributed by atoms with Gasteiger partial charge >= 0.3 is 95.2 Å². The summed E-state index contributed by atoms with van der Waals surface area (Å²) in [6, 6.07) is 19.7. The second-order valence-corrected chi connectivity index (χ2v) is 15.2. The maximum absolute atomic E-state index is 12.5. The maximum Gasteiger partial charge on any atom is 2.00 e. The van der Waals surface area contributed by atoms with E-state index in [-0.39, 0.29) is 116 Å². The SMILES string of the molecule is Cc1cc(S(=O)(=O)[O-])c(N=Nc2c([O-])c(C(=O)O)cc3ccccc23)cc1Cl.Cc1cc(S(=O)(=O)[O-])c(N=Nc2c([O-])c(C(=O)O)cc3ccccc23)cc1Cl.[Ca+2].[Sr+2]. The molecule has 0 heterocycles. The number of azo groups is 2. The molecule has 288 valence electrons. The van der Waals surface area contributed by atoms with E-state index in [4.69, 9.17) is 23.2 Å². The number of aromatic carboxylic acids is 2. The van der Waals surface area contributed by atoms with E-state index in [2.05, 4.69) is 20.5 Å². The summed E-state index contributed by atoms with van der Waals surface area (Å²) in [5.41, 5.74) is -1.61. The van der Waals surface area contributed by atoms with Gasteiger partial charge in [0.2, 0.25) is 0 Å². The van der Waals surface area contributed by atoms with Crippen molar-refractivity contribution in [2.75, 3.05) is 0 Å². The van der Waals surface area contributed by atoms with Crippen molar-refractivity contribution in [1.82, 2.24) is 0 Å². The molecule has 6 aromatic rings. The summed E-state index contributed by atoms with van der Waals surface area (Å²) in [4.78, 5) is 21.4. The van der Waals surface area contributed by atoms with Crippen LogP contribution in [0.5, 0.6) is 11.5 Å². The molecule has 0 atom stereocenters. The summed E-state index contributed by atoms with van der Waals surface area (Å²) in [6.07, 6.45) is 0. The van der Waals surface area contributed by atoms with Crippen LogP contribution in [-0.2, 0) is 20.2 Å². The van der Waals surface area contributed by atoms with Crippen LogP contribution in [0.15, 0.2) is 115 Å². The van der Waals surface area contributed by atoms with Gasteiger partial charge in [0.05, 0.1) is 32.3 Å². The zero-order valence-electron chi connectivity index (χ0n) is 29.8. The van der Waals surface area contributed by atoms with E-state index in [1.54, 1.807) is 48.5 Å². The number of rotatable bonds is 8. The van der Waals surface area contributed by atoms with Gasteiger partial charge < -0.3 is 29.5 Å². The molecule has 0 aliphatic carbocycles. The van der Waals surface area contributed by atoms with Crippen LogP contribution in [0.3, 0.4) is 0 Å². The Balaban J connectivity index is 0.000000300. The van der Waals surface area contributed by atoms with E-state index >= 15 is 0 Å². The third-order valence-corrected chi connectivity index (χ3v) is 10.5. The molecule has 0 bridgehead atoms. The Morgan fingerprint density at radius 3 is 1.22 bits per heavy atom. The minimum atomic E-state index is -4.89. The Bertz CT molecular complexity index is 2720. The number of hydrogen-bond acceptors (Lipinski definition) is 14. The van der Waals surface area contributed by atoms with E-state index in [1.165, 1.54) is 26.0 Å². The standard InChI is InChI=1S/2C18H13ClN2O6S.Ca.Sr/c2*1-9-6-15(28(25,26)27)14(8-13(9)19)20-21-16-11-5-3-2-4-10(11)7-12(17(16)22)18(23)24;;/h2*2-8,22H,1H3,(H,23,24)(H,25,26,27);;/q;;2*+2/p-4. The summed E-state index contributed by atoms with van der Waals surface area (Å²) >= 11 is 11.9. The van der Waals surface area contributed by atoms with Crippen LogP contribution >= 0.6 is 23.2 Å². The third-order valence-electron chi connectivity index (χ3n) is 7.95. The van der Waals surface area contributed by atoms with E-state index in [0.717, 1.165) is 24.3 Å². The molecule has 0 saturated carbocycles. The van der Waals surface area contributed by atoms with Crippen molar-refractivity contribution in [3.63, 3.8) is 0 Å². The predicted octanol–water partition coefficient (Wildman–Crippen LogP) is 7.02. The number of benzene rings is 6. The monoisotopic (exact) mass is 964 g/mol. The van der Waals surface area contributed by atoms with Gasteiger partial charge in [-0.1, -0.05) is 83.2 Å². The first-order chi connectivity index (χ1) is 26.2. The largest absolute Gasteiger partial charge is 2.00 e. The number of carboxylic acid groups (broad SMARTS) is 2. The molecule has 2 N–H and O–H groups in total. The topological polar surface area (TPSA) is 285 Å². The van der Waals surface area contributed by atoms with Gasteiger partial charge in [-0.05, 0) is 72.1 Å². The van der Waals surface area contributed by atoms with Crippen LogP contribution in [0, 0.1) is 13.8 Å². The van der Waals surface area contributed by atoms with Gasteiger partial charge in [-0.2, -0.15) is 10.2 Å². The molecule has 22 heteroatoms. The summed E-state index contributed by atoms with van der Waals surface area (Å²) in [6.45, 7) is 3.02. The molecule has 0 saturated heterocycles. The summed E-state index contributed by atoms with van der Waals surface area (Å²) < 4.78 is 69.1. The Labute approximate surface area is 406 Å². The molecule has 0 spiro atoms. The summed E-state index contributed by atoms with van der Waals surface area (Å²) in [5.74, 6) is -4.65. The normalized spacial score (nSPS) is 11.6. The fraction of sp³-hybridized carbons (Fsp3) is 0.0556. The average molecular weight is 965 g/mol. The van der Waals surface area contributed by atoms with Crippen molar-refractivity contribution in [3.05, 3.63) is 117 Å². The zero-order chi connectivity index (χ0) is 41.3. The average Bonchev–Trinajstić information content (AvgIpc) is 3.12. The molecule has 0 fully saturated rings. The summed E-state index contributed by atoms with van der Waals surface area (Å²) in [7, 11) is -9.77. The molecule has 0 unspecified atom stereocenters. The van der Waals surface area contributed by atoms with Gasteiger partial charge in [0.25, 0.3) is 0 Å². The number of nitrogens with zero attached hydrogens (tertiary/aromatic N) is 4. The molecule has 0 aliphatic heterocycles. The fourth-order valence-electron chi connectivity index (χ4n) is 5.19. The van der Waals surface area contributed by atoms with Crippen molar-refractivity contribution in [1.29, 1.82) is 0 Å². The van der Waals surface area contributed by atoms with Crippen molar-refractivity contribution in [3.8, 4) is 11.5 Å². The van der Waals surface area contributed by atoms with Gasteiger partial charge in [-0.15, -0.1) is 10.2 Å². The molecule has 16 nitrogen and oxygen atoms in total. The second-order valence-electron chi connectivity index (χ2n) is 11.7. The van der Waals surface area contributed by atoms with E-state index in [0.29, 0.717) is 32.7 Å². The Kier molecular flexibility index (Phi) is 16.8. The van der Waals surface area contributed by atoms with Crippen molar-refractivity contribution >= 4 is 183 Å². The third kappa shape index (κ3) is 11.1. The molecule has 0 aliphatic rings. The molecule has 0 amide bonds. The van der Waals surface area contributed by atoms with Crippen molar-refractivity contribution in [2.45, 2.75) is 23.6 Å². The predicted molar refractivity (Wildman–Crippen MR) is 209 cm³/mol. The number of hydrogen-bond donors (Lipinski definition) is 2. The minimum Gasteiger partial charge on any atom is -0.870 e.